The molecule has 0 aromatic carbocycles. The number of amides is 1. The van der Waals surface area contributed by atoms with Crippen molar-refractivity contribution >= 4 is 28.9 Å². The summed E-state index contributed by atoms with van der Waals surface area (Å²) in [6.45, 7) is 10.2. The summed E-state index contributed by atoms with van der Waals surface area (Å²) in [7, 11) is 1.35. The predicted molar refractivity (Wildman–Crippen MR) is 122 cm³/mol. The molecule has 0 unspecified atom stereocenters. The van der Waals surface area contributed by atoms with Crippen LogP contribution in [0.4, 0.5) is 5.69 Å². The maximum atomic E-state index is 13.6. The highest BCUT2D eigenvalue weighted by Crippen LogP contribution is 2.37. The molecule has 1 aliphatic rings. The van der Waals surface area contributed by atoms with Crippen molar-refractivity contribution in [2.45, 2.75) is 72.8 Å². The number of methoxy groups -OCH3 is 1. The first-order valence-corrected chi connectivity index (χ1v) is 11.6. The molecule has 5 nitrogen and oxygen atoms in total. The van der Waals surface area contributed by atoms with Gasteiger partial charge in [-0.3, -0.25) is 4.79 Å². The van der Waals surface area contributed by atoms with Gasteiger partial charge in [0.2, 0.25) is 5.91 Å². The van der Waals surface area contributed by atoms with Gasteiger partial charge in [0.25, 0.3) is 0 Å². The number of carbonyl (C=O) groups is 2. The number of anilines is 1. The van der Waals surface area contributed by atoms with Crippen LogP contribution in [-0.4, -0.2) is 36.7 Å². The topological polar surface area (TPSA) is 66.8 Å². The average Bonchev–Trinajstić information content (AvgIpc) is 3.10. The molecule has 2 rings (SSSR count). The number of esters is 1. The van der Waals surface area contributed by atoms with E-state index in [9.17, 15) is 14.7 Å². The molecule has 1 amide bonds. The highest BCUT2D eigenvalue weighted by molar-refractivity contribution is 7.15. The molecule has 1 N–H and O–H groups in total. The normalized spacial score (nSPS) is 20.1. The lowest BCUT2D eigenvalue weighted by Crippen LogP contribution is -2.44. The first-order valence-electron chi connectivity index (χ1n) is 10.8. The number of hydrogen-bond acceptors (Lipinski definition) is 5. The minimum absolute atomic E-state index is 0.0268. The van der Waals surface area contributed by atoms with E-state index in [1.54, 1.807) is 4.90 Å². The molecule has 0 spiro atoms. The van der Waals surface area contributed by atoms with Gasteiger partial charge in [0, 0.05) is 24.0 Å². The molecule has 166 valence electrons. The maximum absolute atomic E-state index is 13.6. The number of ether oxygens (including phenoxy) is 1. The van der Waals surface area contributed by atoms with Crippen LogP contribution in [0.3, 0.4) is 0 Å². The summed E-state index contributed by atoms with van der Waals surface area (Å²) in [5.41, 5.74) is 0.378. The minimum atomic E-state index is -0.468. The third kappa shape index (κ3) is 6.33. The zero-order valence-corrected chi connectivity index (χ0v) is 19.9. The van der Waals surface area contributed by atoms with E-state index in [1.807, 2.05) is 33.8 Å². The zero-order valence-electron chi connectivity index (χ0n) is 19.1. The van der Waals surface area contributed by atoms with E-state index >= 15 is 0 Å². The summed E-state index contributed by atoms with van der Waals surface area (Å²) in [4.78, 5) is 28.9. The van der Waals surface area contributed by atoms with Crippen LogP contribution in [0, 0.1) is 29.1 Å². The van der Waals surface area contributed by atoms with E-state index in [4.69, 9.17) is 4.74 Å². The zero-order chi connectivity index (χ0) is 22.5. The van der Waals surface area contributed by atoms with Crippen LogP contribution in [0.2, 0.25) is 0 Å². The lowest BCUT2D eigenvalue weighted by atomic mass is 9.82. The predicted octanol–water partition coefficient (Wildman–Crippen LogP) is 4.86. The summed E-state index contributed by atoms with van der Waals surface area (Å²) in [5.74, 6) is 6.48. The lowest BCUT2D eigenvalue weighted by Gasteiger charge is -2.34. The number of aliphatic hydroxyl groups is 1. The summed E-state index contributed by atoms with van der Waals surface area (Å²) in [6.07, 6.45) is 4.23. The monoisotopic (exact) mass is 433 g/mol. The number of hydrogen-bond donors (Lipinski definition) is 1. The molecular weight excluding hydrogens is 398 g/mol. The summed E-state index contributed by atoms with van der Waals surface area (Å²) in [6, 6.07) is 1.59. The molecule has 0 aliphatic heterocycles. The van der Waals surface area contributed by atoms with Gasteiger partial charge in [0.1, 0.15) is 4.88 Å². The fourth-order valence-electron chi connectivity index (χ4n) is 3.70. The van der Waals surface area contributed by atoms with Gasteiger partial charge in [-0.15, -0.1) is 11.3 Å². The molecule has 1 saturated carbocycles. The molecule has 1 heterocycles. The van der Waals surface area contributed by atoms with Crippen molar-refractivity contribution in [2.24, 2.45) is 17.3 Å². The van der Waals surface area contributed by atoms with E-state index < -0.39 is 5.97 Å². The van der Waals surface area contributed by atoms with E-state index in [1.165, 1.54) is 18.4 Å². The second-order valence-electron chi connectivity index (χ2n) is 9.34. The fraction of sp³-hybridized carbons (Fsp3) is 0.667. The molecule has 0 radical (unpaired) electrons. The summed E-state index contributed by atoms with van der Waals surface area (Å²) < 4.78 is 5.00. The van der Waals surface area contributed by atoms with E-state index in [-0.39, 0.29) is 29.9 Å². The standard InChI is InChI=1S/C24H35NO4S/c1-16-7-9-18(10-8-16)22(27)25(17(2)12-14-26)20-15-19(11-13-24(3,4)5)30-21(20)23(28)29-6/h15-18,26H,7-10,12,14H2,1-6H3/t16-,17-,18-/m0/s1. The van der Waals surface area contributed by atoms with Crippen LogP contribution < -0.4 is 4.90 Å². The van der Waals surface area contributed by atoms with Gasteiger partial charge >= 0.3 is 5.97 Å². The van der Waals surface area contributed by atoms with Gasteiger partial charge in [-0.2, -0.15) is 0 Å². The number of carbonyl (C=O) groups excluding carboxylic acids is 2. The maximum Gasteiger partial charge on any atom is 0.350 e. The Kier molecular flexibility index (Phi) is 8.52. The van der Waals surface area contributed by atoms with Gasteiger partial charge in [-0.1, -0.05) is 18.8 Å². The van der Waals surface area contributed by atoms with Crippen molar-refractivity contribution in [3.63, 3.8) is 0 Å². The van der Waals surface area contributed by atoms with Crippen LogP contribution in [0.25, 0.3) is 0 Å². The number of aliphatic hydroxyl groups excluding tert-OH is 1. The van der Waals surface area contributed by atoms with E-state index in [0.717, 1.165) is 30.6 Å². The van der Waals surface area contributed by atoms with Gasteiger partial charge in [-0.05, 0) is 71.8 Å². The van der Waals surface area contributed by atoms with Gasteiger partial charge in [0.15, 0.2) is 0 Å². The number of thiophene rings is 1. The second-order valence-corrected chi connectivity index (χ2v) is 10.4. The quantitative estimate of drug-likeness (QED) is 0.514. The van der Waals surface area contributed by atoms with Crippen molar-refractivity contribution in [3.05, 3.63) is 15.8 Å². The molecule has 1 fully saturated rings. The van der Waals surface area contributed by atoms with E-state index in [0.29, 0.717) is 22.9 Å². The number of rotatable bonds is 6. The Balaban J connectivity index is 2.49. The highest BCUT2D eigenvalue weighted by atomic mass is 32.1. The highest BCUT2D eigenvalue weighted by Gasteiger charge is 2.34. The third-order valence-electron chi connectivity index (χ3n) is 5.49. The van der Waals surface area contributed by atoms with Crippen molar-refractivity contribution < 1.29 is 19.4 Å². The van der Waals surface area contributed by atoms with Gasteiger partial charge < -0.3 is 14.7 Å². The van der Waals surface area contributed by atoms with Gasteiger partial charge in [-0.25, -0.2) is 4.79 Å². The molecule has 0 saturated heterocycles. The fourth-order valence-corrected chi connectivity index (χ4v) is 4.62. The molecule has 1 atom stereocenters. The average molecular weight is 434 g/mol. The molecule has 1 aliphatic carbocycles. The first kappa shape index (κ1) is 24.4. The Morgan fingerprint density at radius 1 is 1.30 bits per heavy atom. The van der Waals surface area contributed by atoms with Gasteiger partial charge in [0.05, 0.1) is 17.7 Å². The van der Waals surface area contributed by atoms with Crippen LogP contribution in [0.15, 0.2) is 6.07 Å². The largest absolute Gasteiger partial charge is 0.465 e. The summed E-state index contributed by atoms with van der Waals surface area (Å²) in [5, 5.41) is 9.51. The van der Waals surface area contributed by atoms with Crippen LogP contribution >= 0.6 is 11.3 Å². The second kappa shape index (κ2) is 10.5. The molecule has 6 heteroatoms. The Labute approximate surface area is 184 Å². The Bertz CT molecular complexity index is 803. The Hall–Kier alpha value is -1.84. The molecule has 1 aromatic rings. The molecule has 1 aromatic heterocycles. The Morgan fingerprint density at radius 3 is 2.47 bits per heavy atom. The van der Waals surface area contributed by atoms with Crippen molar-refractivity contribution in [1.29, 1.82) is 0 Å². The Morgan fingerprint density at radius 2 is 1.93 bits per heavy atom. The first-order chi connectivity index (χ1) is 14.1. The third-order valence-corrected chi connectivity index (χ3v) is 6.51. The minimum Gasteiger partial charge on any atom is -0.465 e. The number of nitrogens with zero attached hydrogens (tertiary/aromatic N) is 1. The van der Waals surface area contributed by atoms with Crippen LogP contribution in [-0.2, 0) is 9.53 Å². The van der Waals surface area contributed by atoms with Crippen LogP contribution in [0.1, 0.15) is 81.3 Å². The van der Waals surface area contributed by atoms with E-state index in [2.05, 4.69) is 18.8 Å². The summed E-state index contributed by atoms with van der Waals surface area (Å²) >= 11 is 1.26. The molecule has 0 bridgehead atoms. The smallest absolute Gasteiger partial charge is 0.350 e. The SMILES string of the molecule is COC(=O)c1sc(C#CC(C)(C)C)cc1N(C(=O)[C@H]1CC[C@H](C)CC1)[C@@H](C)CCO. The lowest BCUT2D eigenvalue weighted by molar-refractivity contribution is -0.124. The van der Waals surface area contributed by atoms with Crippen LogP contribution in [0.5, 0.6) is 0 Å². The molecule has 30 heavy (non-hydrogen) atoms. The van der Waals surface area contributed by atoms with Crippen molar-refractivity contribution in [2.75, 3.05) is 18.6 Å². The van der Waals surface area contributed by atoms with Crippen molar-refractivity contribution in [1.82, 2.24) is 0 Å². The molecular formula is C24H35NO4S. The van der Waals surface area contributed by atoms with Crippen molar-refractivity contribution in [3.8, 4) is 11.8 Å².